The van der Waals surface area contributed by atoms with Gasteiger partial charge in [-0.1, -0.05) is 60.1 Å². The first-order chi connectivity index (χ1) is 16.2. The van der Waals surface area contributed by atoms with E-state index in [2.05, 4.69) is 22.4 Å². The van der Waals surface area contributed by atoms with Gasteiger partial charge in [0.15, 0.2) is 0 Å². The number of amides is 1. The van der Waals surface area contributed by atoms with Crippen molar-refractivity contribution < 1.29 is 4.79 Å². The summed E-state index contributed by atoms with van der Waals surface area (Å²) < 4.78 is 0. The number of pyridine rings is 2. The predicted molar refractivity (Wildman–Crippen MR) is 134 cm³/mol. The first kappa shape index (κ1) is 20.9. The Labute approximate surface area is 196 Å². The lowest BCUT2D eigenvalue weighted by atomic mass is 10.0. The maximum atomic E-state index is 13.5. The van der Waals surface area contributed by atoms with Gasteiger partial charge >= 0.3 is 0 Å². The van der Waals surface area contributed by atoms with Gasteiger partial charge in [-0.15, -0.1) is 0 Å². The SMILES string of the molecule is O=C(Nc1ccccc1Cc1ccccc1)c1cc(-c2ccncc2)nc2ccc(Cl)cc12. The van der Waals surface area contributed by atoms with Gasteiger partial charge in [-0.3, -0.25) is 9.78 Å². The van der Waals surface area contributed by atoms with Crippen LogP contribution in [0, 0.1) is 0 Å². The van der Waals surface area contributed by atoms with Crippen molar-refractivity contribution in [3.63, 3.8) is 0 Å². The maximum Gasteiger partial charge on any atom is 0.256 e. The van der Waals surface area contributed by atoms with Crippen molar-refractivity contribution >= 4 is 34.1 Å². The lowest BCUT2D eigenvalue weighted by molar-refractivity contribution is 0.102. The van der Waals surface area contributed by atoms with Crippen molar-refractivity contribution in [1.29, 1.82) is 0 Å². The Morgan fingerprint density at radius 3 is 2.42 bits per heavy atom. The average molecular weight is 450 g/mol. The highest BCUT2D eigenvalue weighted by Gasteiger charge is 2.16. The van der Waals surface area contributed by atoms with Crippen LogP contribution in [0.3, 0.4) is 0 Å². The van der Waals surface area contributed by atoms with Gasteiger partial charge in [-0.2, -0.15) is 0 Å². The molecule has 0 radical (unpaired) electrons. The normalized spacial score (nSPS) is 10.8. The molecule has 2 heterocycles. The molecule has 0 bridgehead atoms. The molecule has 0 aliphatic rings. The Bertz CT molecular complexity index is 1440. The third kappa shape index (κ3) is 4.61. The van der Waals surface area contributed by atoms with Crippen LogP contribution in [0.1, 0.15) is 21.5 Å². The van der Waals surface area contributed by atoms with Crippen molar-refractivity contribution in [3.05, 3.63) is 125 Å². The van der Waals surface area contributed by atoms with E-state index in [4.69, 9.17) is 16.6 Å². The molecule has 0 aliphatic carbocycles. The monoisotopic (exact) mass is 449 g/mol. The maximum absolute atomic E-state index is 13.5. The fraction of sp³-hybridized carbons (Fsp3) is 0.0357. The Kier molecular flexibility index (Phi) is 5.83. The standard InChI is InChI=1S/C28H20ClN3O/c29-22-10-11-26-23(17-22)24(18-27(31-26)20-12-14-30-15-13-20)28(33)32-25-9-5-4-8-21(25)16-19-6-2-1-3-7-19/h1-15,17-18H,16H2,(H,32,33). The number of benzene rings is 3. The number of carbonyl (C=O) groups excluding carboxylic acids is 1. The molecule has 0 saturated heterocycles. The van der Waals surface area contributed by atoms with Gasteiger partial charge in [0.1, 0.15) is 0 Å². The molecule has 0 aliphatic heterocycles. The van der Waals surface area contributed by atoms with Gasteiger partial charge in [-0.05, 0) is 60.0 Å². The molecule has 160 valence electrons. The Morgan fingerprint density at radius 1 is 0.848 bits per heavy atom. The lowest BCUT2D eigenvalue weighted by Crippen LogP contribution is -2.14. The van der Waals surface area contributed by atoms with Gasteiger partial charge in [-0.25, -0.2) is 4.98 Å². The number of aromatic nitrogens is 2. The zero-order valence-corrected chi connectivity index (χ0v) is 18.5. The second-order valence-electron chi connectivity index (χ2n) is 7.73. The molecule has 0 spiro atoms. The second-order valence-corrected chi connectivity index (χ2v) is 8.16. The molecule has 5 heteroatoms. The highest BCUT2D eigenvalue weighted by atomic mass is 35.5. The topological polar surface area (TPSA) is 54.9 Å². The van der Waals surface area contributed by atoms with E-state index >= 15 is 0 Å². The van der Waals surface area contributed by atoms with E-state index in [1.54, 1.807) is 24.5 Å². The number of anilines is 1. The molecular formula is C28H20ClN3O. The minimum atomic E-state index is -0.208. The predicted octanol–water partition coefficient (Wildman–Crippen LogP) is 6.79. The molecule has 3 aromatic carbocycles. The zero-order valence-electron chi connectivity index (χ0n) is 17.7. The van der Waals surface area contributed by atoms with Crippen LogP contribution in [0.15, 0.2) is 103 Å². The molecule has 5 aromatic rings. The number of fused-ring (bicyclic) bond motifs is 1. The number of hydrogen-bond acceptors (Lipinski definition) is 3. The van der Waals surface area contributed by atoms with E-state index in [0.29, 0.717) is 27.2 Å². The van der Waals surface area contributed by atoms with Crippen molar-refractivity contribution in [2.75, 3.05) is 5.32 Å². The van der Waals surface area contributed by atoms with Gasteiger partial charge in [0.05, 0.1) is 16.8 Å². The molecule has 1 N–H and O–H groups in total. The Balaban J connectivity index is 1.55. The summed E-state index contributed by atoms with van der Waals surface area (Å²) in [6.07, 6.45) is 4.15. The van der Waals surface area contributed by atoms with E-state index in [-0.39, 0.29) is 5.91 Å². The molecule has 1 amide bonds. The average Bonchev–Trinajstić information content (AvgIpc) is 2.86. The van der Waals surface area contributed by atoms with Crippen molar-refractivity contribution in [1.82, 2.24) is 9.97 Å². The third-order valence-electron chi connectivity index (χ3n) is 5.49. The highest BCUT2D eigenvalue weighted by molar-refractivity contribution is 6.31. The number of carbonyl (C=O) groups is 1. The number of nitrogens with one attached hydrogen (secondary N) is 1. The van der Waals surface area contributed by atoms with Crippen LogP contribution in [0.25, 0.3) is 22.2 Å². The summed E-state index contributed by atoms with van der Waals surface area (Å²) in [5, 5.41) is 4.38. The minimum Gasteiger partial charge on any atom is -0.322 e. The van der Waals surface area contributed by atoms with Crippen molar-refractivity contribution in [2.24, 2.45) is 0 Å². The zero-order chi connectivity index (χ0) is 22.6. The molecule has 0 saturated carbocycles. The number of rotatable bonds is 5. The minimum absolute atomic E-state index is 0.208. The van der Waals surface area contributed by atoms with Crippen molar-refractivity contribution in [3.8, 4) is 11.3 Å². The van der Waals surface area contributed by atoms with Crippen LogP contribution < -0.4 is 5.32 Å². The summed E-state index contributed by atoms with van der Waals surface area (Å²) in [5.74, 6) is -0.208. The van der Waals surface area contributed by atoms with E-state index < -0.39 is 0 Å². The number of hydrogen-bond donors (Lipinski definition) is 1. The molecule has 4 nitrogen and oxygen atoms in total. The molecule has 5 rings (SSSR count). The smallest absolute Gasteiger partial charge is 0.256 e. The van der Waals surface area contributed by atoms with Gasteiger partial charge < -0.3 is 5.32 Å². The number of halogens is 1. The van der Waals surface area contributed by atoms with Crippen LogP contribution in [0.2, 0.25) is 5.02 Å². The lowest BCUT2D eigenvalue weighted by Gasteiger charge is -2.14. The third-order valence-corrected chi connectivity index (χ3v) is 5.73. The summed E-state index contributed by atoms with van der Waals surface area (Å²) in [6, 6.07) is 29.0. The fourth-order valence-corrected chi connectivity index (χ4v) is 4.03. The molecular weight excluding hydrogens is 430 g/mol. The summed E-state index contributed by atoms with van der Waals surface area (Å²) in [4.78, 5) is 22.4. The highest BCUT2D eigenvalue weighted by Crippen LogP contribution is 2.28. The summed E-state index contributed by atoms with van der Waals surface area (Å²) in [5.41, 5.74) is 5.82. The van der Waals surface area contributed by atoms with Gasteiger partial charge in [0, 0.05) is 34.1 Å². The van der Waals surface area contributed by atoms with E-state index in [1.165, 1.54) is 5.56 Å². The number of para-hydroxylation sites is 1. The van der Waals surface area contributed by atoms with Crippen LogP contribution in [-0.2, 0) is 6.42 Å². The summed E-state index contributed by atoms with van der Waals surface area (Å²) >= 11 is 6.26. The quantitative estimate of drug-likeness (QED) is 0.321. The van der Waals surface area contributed by atoms with Crippen LogP contribution in [-0.4, -0.2) is 15.9 Å². The first-order valence-corrected chi connectivity index (χ1v) is 11.0. The van der Waals surface area contributed by atoms with Crippen LogP contribution in [0.5, 0.6) is 0 Å². The van der Waals surface area contributed by atoms with E-state index in [1.807, 2.05) is 66.7 Å². The summed E-state index contributed by atoms with van der Waals surface area (Å²) in [7, 11) is 0. The largest absolute Gasteiger partial charge is 0.322 e. The van der Waals surface area contributed by atoms with Gasteiger partial charge in [0.2, 0.25) is 0 Å². The molecule has 0 unspecified atom stereocenters. The molecule has 0 fully saturated rings. The molecule has 0 atom stereocenters. The van der Waals surface area contributed by atoms with Crippen molar-refractivity contribution in [2.45, 2.75) is 6.42 Å². The van der Waals surface area contributed by atoms with Gasteiger partial charge in [0.25, 0.3) is 5.91 Å². The Morgan fingerprint density at radius 2 is 1.61 bits per heavy atom. The van der Waals surface area contributed by atoms with Crippen LogP contribution in [0.4, 0.5) is 5.69 Å². The first-order valence-electron chi connectivity index (χ1n) is 10.6. The molecule has 2 aromatic heterocycles. The number of nitrogens with zero attached hydrogens (tertiary/aromatic N) is 2. The Hall–Kier alpha value is -4.02. The fourth-order valence-electron chi connectivity index (χ4n) is 3.86. The summed E-state index contributed by atoms with van der Waals surface area (Å²) in [6.45, 7) is 0. The second kappa shape index (κ2) is 9.23. The molecule has 33 heavy (non-hydrogen) atoms. The van der Waals surface area contributed by atoms with E-state index in [9.17, 15) is 4.79 Å². The van der Waals surface area contributed by atoms with E-state index in [0.717, 1.165) is 23.2 Å². The van der Waals surface area contributed by atoms with Crippen LogP contribution >= 0.6 is 11.6 Å².